The first-order valence-electron chi connectivity index (χ1n) is 7.64. The SMILES string of the molecule is CCN(CC1CCC(C(=O)NN)O1)C1CCCCC1. The van der Waals surface area contributed by atoms with Crippen molar-refractivity contribution in [1.29, 1.82) is 0 Å². The number of likely N-dealkylation sites (N-methyl/N-ethyl adjacent to an activating group) is 1. The van der Waals surface area contributed by atoms with Crippen molar-refractivity contribution in [1.82, 2.24) is 10.3 Å². The van der Waals surface area contributed by atoms with Crippen molar-refractivity contribution in [3.63, 3.8) is 0 Å². The number of nitrogens with zero attached hydrogens (tertiary/aromatic N) is 1. The Labute approximate surface area is 115 Å². The van der Waals surface area contributed by atoms with Crippen LogP contribution in [0.25, 0.3) is 0 Å². The summed E-state index contributed by atoms with van der Waals surface area (Å²) in [5.74, 6) is 4.96. The summed E-state index contributed by atoms with van der Waals surface area (Å²) in [6.07, 6.45) is 8.30. The third kappa shape index (κ3) is 3.91. The first kappa shape index (κ1) is 14.8. The van der Waals surface area contributed by atoms with Crippen LogP contribution in [0.2, 0.25) is 0 Å². The summed E-state index contributed by atoms with van der Waals surface area (Å²) in [5.41, 5.74) is 2.18. The van der Waals surface area contributed by atoms with E-state index in [1.807, 2.05) is 0 Å². The average molecular weight is 269 g/mol. The van der Waals surface area contributed by atoms with Crippen LogP contribution in [-0.2, 0) is 9.53 Å². The number of hydrogen-bond donors (Lipinski definition) is 2. The Bertz CT molecular complexity index is 292. The quantitative estimate of drug-likeness (QED) is 0.447. The topological polar surface area (TPSA) is 67.6 Å². The van der Waals surface area contributed by atoms with E-state index in [4.69, 9.17) is 10.6 Å². The molecule has 1 aliphatic carbocycles. The molecule has 1 aliphatic heterocycles. The van der Waals surface area contributed by atoms with Crippen LogP contribution in [0.4, 0.5) is 0 Å². The van der Waals surface area contributed by atoms with E-state index in [9.17, 15) is 4.79 Å². The second-order valence-corrected chi connectivity index (χ2v) is 5.71. The van der Waals surface area contributed by atoms with Crippen LogP contribution in [0, 0.1) is 0 Å². The Morgan fingerprint density at radius 1 is 1.26 bits per heavy atom. The molecule has 3 N–H and O–H groups in total. The van der Waals surface area contributed by atoms with E-state index in [0.717, 1.165) is 25.9 Å². The fourth-order valence-corrected chi connectivity index (χ4v) is 3.37. The molecule has 19 heavy (non-hydrogen) atoms. The van der Waals surface area contributed by atoms with Gasteiger partial charge in [0, 0.05) is 12.6 Å². The molecule has 2 rings (SSSR count). The van der Waals surface area contributed by atoms with Gasteiger partial charge in [-0.15, -0.1) is 0 Å². The maximum atomic E-state index is 11.4. The molecule has 0 aromatic carbocycles. The predicted octanol–water partition coefficient (Wildman–Crippen LogP) is 1.18. The lowest BCUT2D eigenvalue weighted by molar-refractivity contribution is -0.132. The molecule has 0 spiro atoms. The second kappa shape index (κ2) is 7.22. The van der Waals surface area contributed by atoms with Gasteiger partial charge < -0.3 is 4.74 Å². The Morgan fingerprint density at radius 2 is 2.00 bits per heavy atom. The van der Waals surface area contributed by atoms with Gasteiger partial charge in [0.1, 0.15) is 6.10 Å². The van der Waals surface area contributed by atoms with Crippen LogP contribution in [-0.4, -0.2) is 42.1 Å². The first-order valence-corrected chi connectivity index (χ1v) is 7.64. The molecule has 0 bridgehead atoms. The highest BCUT2D eigenvalue weighted by molar-refractivity contribution is 5.80. The van der Waals surface area contributed by atoms with E-state index in [-0.39, 0.29) is 18.1 Å². The van der Waals surface area contributed by atoms with Crippen molar-refractivity contribution in [3.05, 3.63) is 0 Å². The lowest BCUT2D eigenvalue weighted by Crippen LogP contribution is -2.43. The molecular weight excluding hydrogens is 242 g/mol. The highest BCUT2D eigenvalue weighted by atomic mass is 16.5. The van der Waals surface area contributed by atoms with Crippen LogP contribution in [0.3, 0.4) is 0 Å². The molecule has 2 unspecified atom stereocenters. The largest absolute Gasteiger partial charge is 0.364 e. The minimum absolute atomic E-state index is 0.184. The van der Waals surface area contributed by atoms with Gasteiger partial charge in [0.15, 0.2) is 0 Å². The van der Waals surface area contributed by atoms with Crippen molar-refractivity contribution in [2.24, 2.45) is 5.84 Å². The first-order chi connectivity index (χ1) is 9.24. The predicted molar refractivity (Wildman–Crippen MR) is 74.3 cm³/mol. The van der Waals surface area contributed by atoms with E-state index in [0.29, 0.717) is 6.04 Å². The van der Waals surface area contributed by atoms with Crippen molar-refractivity contribution in [2.75, 3.05) is 13.1 Å². The average Bonchev–Trinajstić information content (AvgIpc) is 2.93. The molecule has 110 valence electrons. The van der Waals surface area contributed by atoms with E-state index >= 15 is 0 Å². The van der Waals surface area contributed by atoms with Gasteiger partial charge in [-0.3, -0.25) is 15.1 Å². The van der Waals surface area contributed by atoms with E-state index in [1.165, 1.54) is 32.1 Å². The molecule has 1 amide bonds. The highest BCUT2D eigenvalue weighted by Crippen LogP contribution is 2.26. The molecule has 2 fully saturated rings. The fourth-order valence-electron chi connectivity index (χ4n) is 3.37. The highest BCUT2D eigenvalue weighted by Gasteiger charge is 2.32. The third-order valence-electron chi connectivity index (χ3n) is 4.48. The molecule has 0 radical (unpaired) electrons. The molecule has 5 nitrogen and oxygen atoms in total. The number of rotatable bonds is 5. The van der Waals surface area contributed by atoms with Crippen LogP contribution in [0.15, 0.2) is 0 Å². The van der Waals surface area contributed by atoms with Gasteiger partial charge in [-0.25, -0.2) is 5.84 Å². The van der Waals surface area contributed by atoms with Gasteiger partial charge in [0.25, 0.3) is 5.91 Å². The number of carbonyl (C=O) groups is 1. The summed E-state index contributed by atoms with van der Waals surface area (Å²) in [4.78, 5) is 14.0. The van der Waals surface area contributed by atoms with Crippen LogP contribution >= 0.6 is 0 Å². The molecule has 0 aromatic rings. The van der Waals surface area contributed by atoms with E-state index < -0.39 is 0 Å². The lowest BCUT2D eigenvalue weighted by atomic mass is 9.94. The molecule has 1 saturated heterocycles. The number of nitrogens with two attached hydrogens (primary N) is 1. The number of amides is 1. The van der Waals surface area contributed by atoms with Gasteiger partial charge in [0.2, 0.25) is 0 Å². The number of hydrazine groups is 1. The Kier molecular flexibility index (Phi) is 5.60. The van der Waals surface area contributed by atoms with Crippen molar-refractivity contribution >= 4 is 5.91 Å². The van der Waals surface area contributed by atoms with Gasteiger partial charge in [-0.2, -0.15) is 0 Å². The van der Waals surface area contributed by atoms with Crippen molar-refractivity contribution < 1.29 is 9.53 Å². The number of hydrogen-bond acceptors (Lipinski definition) is 4. The molecule has 5 heteroatoms. The summed E-state index contributed by atoms with van der Waals surface area (Å²) in [7, 11) is 0. The zero-order valence-corrected chi connectivity index (χ0v) is 11.9. The van der Waals surface area contributed by atoms with Gasteiger partial charge in [-0.05, 0) is 32.2 Å². The van der Waals surface area contributed by atoms with Crippen molar-refractivity contribution in [3.8, 4) is 0 Å². The van der Waals surface area contributed by atoms with E-state index in [1.54, 1.807) is 0 Å². The molecule has 2 aliphatic rings. The van der Waals surface area contributed by atoms with Crippen molar-refractivity contribution in [2.45, 2.75) is 70.1 Å². The summed E-state index contributed by atoms with van der Waals surface area (Å²) in [5, 5.41) is 0. The zero-order chi connectivity index (χ0) is 13.7. The smallest absolute Gasteiger partial charge is 0.263 e. The van der Waals surface area contributed by atoms with Crippen LogP contribution in [0.1, 0.15) is 51.9 Å². The minimum Gasteiger partial charge on any atom is -0.364 e. The standard InChI is InChI=1S/C14H27N3O2/c1-2-17(11-6-4-3-5-7-11)10-12-8-9-13(19-12)14(18)16-15/h11-13H,2-10,15H2,1H3,(H,16,18). The summed E-state index contributed by atoms with van der Waals surface area (Å²) in [6, 6.07) is 0.713. The molecule has 0 aromatic heterocycles. The Balaban J connectivity index is 1.80. The summed E-state index contributed by atoms with van der Waals surface area (Å²) >= 11 is 0. The number of nitrogens with one attached hydrogen (secondary N) is 1. The monoisotopic (exact) mass is 269 g/mol. The van der Waals surface area contributed by atoms with Gasteiger partial charge in [-0.1, -0.05) is 26.2 Å². The molecule has 1 saturated carbocycles. The minimum atomic E-state index is -0.347. The molecular formula is C14H27N3O2. The summed E-state index contributed by atoms with van der Waals surface area (Å²) < 4.78 is 5.80. The number of ether oxygens (including phenoxy) is 1. The lowest BCUT2D eigenvalue weighted by Gasteiger charge is -2.35. The maximum absolute atomic E-state index is 11.4. The fraction of sp³-hybridized carbons (Fsp3) is 0.929. The van der Waals surface area contributed by atoms with E-state index in [2.05, 4.69) is 17.2 Å². The van der Waals surface area contributed by atoms with Crippen LogP contribution in [0.5, 0.6) is 0 Å². The molecule has 2 atom stereocenters. The normalized spacial score (nSPS) is 28.8. The zero-order valence-electron chi connectivity index (χ0n) is 11.9. The number of carbonyl (C=O) groups excluding carboxylic acids is 1. The Hall–Kier alpha value is -0.650. The Morgan fingerprint density at radius 3 is 2.63 bits per heavy atom. The third-order valence-corrected chi connectivity index (χ3v) is 4.48. The maximum Gasteiger partial charge on any atom is 0.263 e. The van der Waals surface area contributed by atoms with Crippen LogP contribution < -0.4 is 11.3 Å². The van der Waals surface area contributed by atoms with Gasteiger partial charge in [0.05, 0.1) is 6.10 Å². The summed E-state index contributed by atoms with van der Waals surface area (Å²) in [6.45, 7) is 4.24. The molecule has 1 heterocycles. The second-order valence-electron chi connectivity index (χ2n) is 5.71. The van der Waals surface area contributed by atoms with Gasteiger partial charge >= 0.3 is 0 Å².